The van der Waals surface area contributed by atoms with E-state index < -0.39 is 0 Å². The highest BCUT2D eigenvalue weighted by atomic mass is 16.5. The second kappa shape index (κ2) is 5.96. The van der Waals surface area contributed by atoms with Gasteiger partial charge in [0.25, 0.3) is 0 Å². The Kier molecular flexibility index (Phi) is 4.31. The third-order valence-corrected chi connectivity index (χ3v) is 3.25. The van der Waals surface area contributed by atoms with Gasteiger partial charge in [0.15, 0.2) is 11.5 Å². The van der Waals surface area contributed by atoms with Crippen LogP contribution in [0, 0.1) is 0 Å². The van der Waals surface area contributed by atoms with Gasteiger partial charge in [-0.15, -0.1) is 0 Å². The summed E-state index contributed by atoms with van der Waals surface area (Å²) >= 11 is 0. The Morgan fingerprint density at radius 1 is 1.17 bits per heavy atom. The van der Waals surface area contributed by atoms with Gasteiger partial charge < -0.3 is 19.5 Å². The number of hydrogen-bond acceptors (Lipinski definition) is 4. The minimum absolute atomic E-state index is 0.424. The summed E-state index contributed by atoms with van der Waals surface area (Å²) in [5.41, 5.74) is 1.06. The van der Waals surface area contributed by atoms with Crippen LogP contribution in [0.2, 0.25) is 0 Å². The van der Waals surface area contributed by atoms with Gasteiger partial charge in [0.2, 0.25) is 0 Å². The van der Waals surface area contributed by atoms with Crippen LogP contribution < -0.4 is 14.8 Å². The zero-order chi connectivity index (χ0) is 13.0. The number of hydrogen-bond donors (Lipinski definition) is 1. The first-order valence-corrected chi connectivity index (χ1v) is 6.37. The van der Waals surface area contributed by atoms with Crippen molar-refractivity contribution in [3.05, 3.63) is 18.2 Å². The summed E-state index contributed by atoms with van der Waals surface area (Å²) in [5.74, 6) is 1.51. The zero-order valence-electron chi connectivity index (χ0n) is 11.2. The van der Waals surface area contributed by atoms with Crippen molar-refractivity contribution in [3.8, 4) is 11.5 Å². The van der Waals surface area contributed by atoms with Crippen LogP contribution in [-0.4, -0.2) is 33.0 Å². The van der Waals surface area contributed by atoms with Crippen LogP contribution in [0.15, 0.2) is 18.2 Å². The molecule has 100 valence electrons. The molecule has 0 heterocycles. The molecule has 0 aliphatic heterocycles. The minimum atomic E-state index is 0.424. The average Bonchev–Trinajstić information content (AvgIpc) is 2.36. The number of nitrogens with one attached hydrogen (secondary N) is 1. The molecule has 4 nitrogen and oxygen atoms in total. The SMILES string of the molecule is CCOC1CC(Nc2ccc(OC)c(OC)c2)C1. The third-order valence-electron chi connectivity index (χ3n) is 3.25. The highest BCUT2D eigenvalue weighted by Crippen LogP contribution is 2.32. The van der Waals surface area contributed by atoms with E-state index in [-0.39, 0.29) is 0 Å². The van der Waals surface area contributed by atoms with Crippen LogP contribution in [0.3, 0.4) is 0 Å². The molecule has 1 aliphatic rings. The lowest BCUT2D eigenvalue weighted by Gasteiger charge is -2.36. The van der Waals surface area contributed by atoms with Gasteiger partial charge in [0.1, 0.15) is 0 Å². The highest BCUT2D eigenvalue weighted by Gasteiger charge is 2.29. The molecular formula is C14H21NO3. The molecule has 18 heavy (non-hydrogen) atoms. The average molecular weight is 251 g/mol. The van der Waals surface area contributed by atoms with E-state index in [9.17, 15) is 0 Å². The van der Waals surface area contributed by atoms with Crippen molar-refractivity contribution < 1.29 is 14.2 Å². The Bertz CT molecular complexity index is 389. The van der Waals surface area contributed by atoms with Gasteiger partial charge >= 0.3 is 0 Å². The van der Waals surface area contributed by atoms with Crippen molar-refractivity contribution in [3.63, 3.8) is 0 Å². The summed E-state index contributed by atoms with van der Waals surface area (Å²) in [5, 5.41) is 3.48. The fourth-order valence-corrected chi connectivity index (χ4v) is 2.22. The Hall–Kier alpha value is -1.42. The maximum Gasteiger partial charge on any atom is 0.162 e. The highest BCUT2D eigenvalue weighted by molar-refractivity contribution is 5.55. The number of methoxy groups -OCH3 is 2. The lowest BCUT2D eigenvalue weighted by molar-refractivity contribution is 0.00299. The van der Waals surface area contributed by atoms with Crippen LogP contribution in [-0.2, 0) is 4.74 Å². The summed E-state index contributed by atoms with van der Waals surface area (Å²) in [6.45, 7) is 2.84. The number of benzene rings is 1. The molecule has 0 bridgehead atoms. The van der Waals surface area contributed by atoms with Gasteiger partial charge in [-0.3, -0.25) is 0 Å². The molecule has 4 heteroatoms. The molecule has 0 atom stereocenters. The largest absolute Gasteiger partial charge is 0.493 e. The van der Waals surface area contributed by atoms with Crippen molar-refractivity contribution in [1.29, 1.82) is 0 Å². The van der Waals surface area contributed by atoms with Gasteiger partial charge in [-0.05, 0) is 31.9 Å². The molecule has 1 fully saturated rings. The van der Waals surface area contributed by atoms with E-state index in [4.69, 9.17) is 14.2 Å². The molecule has 2 rings (SSSR count). The summed E-state index contributed by atoms with van der Waals surface area (Å²) in [4.78, 5) is 0. The number of ether oxygens (including phenoxy) is 3. The second-order valence-corrected chi connectivity index (χ2v) is 4.46. The third kappa shape index (κ3) is 2.88. The molecule has 0 spiro atoms. The number of anilines is 1. The Balaban J connectivity index is 1.91. The van der Waals surface area contributed by atoms with E-state index in [0.717, 1.165) is 36.6 Å². The van der Waals surface area contributed by atoms with E-state index in [2.05, 4.69) is 5.32 Å². The fraction of sp³-hybridized carbons (Fsp3) is 0.571. The molecule has 1 aliphatic carbocycles. The van der Waals surface area contributed by atoms with Gasteiger partial charge in [0, 0.05) is 24.4 Å². The maximum atomic E-state index is 5.54. The van der Waals surface area contributed by atoms with Crippen molar-refractivity contribution in [2.24, 2.45) is 0 Å². The second-order valence-electron chi connectivity index (χ2n) is 4.46. The topological polar surface area (TPSA) is 39.7 Å². The smallest absolute Gasteiger partial charge is 0.162 e. The molecule has 1 saturated carbocycles. The van der Waals surface area contributed by atoms with Crippen molar-refractivity contribution in [2.45, 2.75) is 31.9 Å². The van der Waals surface area contributed by atoms with Gasteiger partial charge in [-0.1, -0.05) is 0 Å². The Labute approximate surface area is 108 Å². The van der Waals surface area contributed by atoms with Crippen LogP contribution >= 0.6 is 0 Å². The minimum Gasteiger partial charge on any atom is -0.493 e. The first kappa shape index (κ1) is 13.0. The van der Waals surface area contributed by atoms with Crippen LogP contribution in [0.25, 0.3) is 0 Å². The molecule has 1 aromatic carbocycles. The van der Waals surface area contributed by atoms with Crippen LogP contribution in [0.1, 0.15) is 19.8 Å². The lowest BCUT2D eigenvalue weighted by Crippen LogP contribution is -2.40. The zero-order valence-corrected chi connectivity index (χ0v) is 11.2. The monoisotopic (exact) mass is 251 g/mol. The summed E-state index contributed by atoms with van der Waals surface area (Å²) in [6, 6.07) is 6.39. The summed E-state index contributed by atoms with van der Waals surface area (Å²) in [7, 11) is 3.29. The predicted octanol–water partition coefficient (Wildman–Crippen LogP) is 2.68. The first-order chi connectivity index (χ1) is 8.76. The molecule has 0 radical (unpaired) electrons. The van der Waals surface area contributed by atoms with Crippen molar-refractivity contribution in [1.82, 2.24) is 0 Å². The Morgan fingerprint density at radius 3 is 2.50 bits per heavy atom. The van der Waals surface area contributed by atoms with E-state index >= 15 is 0 Å². The van der Waals surface area contributed by atoms with E-state index in [1.165, 1.54) is 0 Å². The Morgan fingerprint density at radius 2 is 1.89 bits per heavy atom. The molecular weight excluding hydrogens is 230 g/mol. The van der Waals surface area contributed by atoms with Crippen LogP contribution in [0.4, 0.5) is 5.69 Å². The van der Waals surface area contributed by atoms with Gasteiger partial charge in [-0.2, -0.15) is 0 Å². The summed E-state index contributed by atoms with van der Waals surface area (Å²) < 4.78 is 16.0. The van der Waals surface area contributed by atoms with E-state index in [1.807, 2.05) is 25.1 Å². The maximum absolute atomic E-state index is 5.54. The molecule has 0 amide bonds. The summed E-state index contributed by atoms with van der Waals surface area (Å²) in [6.07, 6.45) is 2.57. The molecule has 1 aromatic rings. The predicted molar refractivity (Wildman–Crippen MR) is 71.6 cm³/mol. The van der Waals surface area contributed by atoms with Crippen molar-refractivity contribution >= 4 is 5.69 Å². The van der Waals surface area contributed by atoms with E-state index in [0.29, 0.717) is 12.1 Å². The fourth-order valence-electron chi connectivity index (χ4n) is 2.22. The molecule has 1 N–H and O–H groups in total. The number of rotatable bonds is 6. The standard InChI is InChI=1S/C14H21NO3/c1-4-18-12-7-11(8-12)15-10-5-6-13(16-2)14(9-10)17-3/h5-6,9,11-12,15H,4,7-8H2,1-3H3. The van der Waals surface area contributed by atoms with Crippen LogP contribution in [0.5, 0.6) is 11.5 Å². The quantitative estimate of drug-likeness (QED) is 0.843. The molecule has 0 saturated heterocycles. The lowest BCUT2D eigenvalue weighted by atomic mass is 9.89. The van der Waals surface area contributed by atoms with Gasteiger partial charge in [-0.25, -0.2) is 0 Å². The van der Waals surface area contributed by atoms with Gasteiger partial charge in [0.05, 0.1) is 20.3 Å². The van der Waals surface area contributed by atoms with Crippen molar-refractivity contribution in [2.75, 3.05) is 26.1 Å². The molecule has 0 aromatic heterocycles. The van der Waals surface area contributed by atoms with E-state index in [1.54, 1.807) is 14.2 Å². The molecule has 0 unspecified atom stereocenters. The first-order valence-electron chi connectivity index (χ1n) is 6.37. The normalized spacial score (nSPS) is 22.2.